The fourth-order valence-electron chi connectivity index (χ4n) is 1.92. The second-order valence-electron chi connectivity index (χ2n) is 7.68. The van der Waals surface area contributed by atoms with Crippen molar-refractivity contribution < 1.29 is 28.6 Å². The van der Waals surface area contributed by atoms with Gasteiger partial charge in [-0.25, -0.2) is 14.4 Å². The first-order chi connectivity index (χ1) is 12.2. The molecule has 0 aliphatic heterocycles. The molecule has 1 aromatic rings. The first kappa shape index (κ1) is 22.8. The molecule has 1 aromatic carbocycles. The monoisotopic (exact) mass is 444 g/mol. The van der Waals surface area contributed by atoms with Gasteiger partial charge in [0.15, 0.2) is 0 Å². The number of carbonyl (C=O) groups excluding carboxylic acids is 3. The van der Waals surface area contributed by atoms with E-state index in [4.69, 9.17) is 19.9 Å². The van der Waals surface area contributed by atoms with Gasteiger partial charge in [-0.15, -0.1) is 0 Å². The molecule has 0 fully saturated rings. The Morgan fingerprint density at radius 1 is 0.963 bits per heavy atom. The van der Waals surface area contributed by atoms with Crippen LogP contribution >= 0.6 is 15.9 Å². The molecule has 150 valence electrons. The van der Waals surface area contributed by atoms with E-state index >= 15 is 0 Å². The van der Waals surface area contributed by atoms with Crippen LogP contribution < -0.4 is 10.6 Å². The molecule has 2 N–H and O–H groups in total. The average molecular weight is 445 g/mol. The van der Waals surface area contributed by atoms with Crippen LogP contribution in [0.4, 0.5) is 21.0 Å². The molecule has 0 unspecified atom stereocenters. The number of ether oxygens (including phenoxy) is 3. The van der Waals surface area contributed by atoms with E-state index < -0.39 is 29.4 Å². The number of halogens is 1. The highest BCUT2D eigenvalue weighted by molar-refractivity contribution is 9.10. The van der Waals surface area contributed by atoms with Gasteiger partial charge in [-0.1, -0.05) is 0 Å². The Labute approximate surface area is 167 Å². The van der Waals surface area contributed by atoms with Gasteiger partial charge in [0, 0.05) is 10.2 Å². The number of amides is 2. The van der Waals surface area contributed by atoms with E-state index in [1.807, 2.05) is 0 Å². The highest BCUT2D eigenvalue weighted by Gasteiger charge is 2.35. The van der Waals surface area contributed by atoms with E-state index in [1.54, 1.807) is 41.5 Å². The van der Waals surface area contributed by atoms with Crippen LogP contribution in [0, 0.1) is 0 Å². The van der Waals surface area contributed by atoms with Gasteiger partial charge >= 0.3 is 18.2 Å². The number of nitrogen functional groups attached to an aromatic ring is 1. The second kappa shape index (κ2) is 8.16. The molecule has 0 atom stereocenters. The Morgan fingerprint density at radius 3 is 1.78 bits per heavy atom. The molecule has 27 heavy (non-hydrogen) atoms. The van der Waals surface area contributed by atoms with Crippen molar-refractivity contribution in [1.29, 1.82) is 0 Å². The van der Waals surface area contributed by atoms with Gasteiger partial charge in [-0.05, 0) is 69.6 Å². The Hall–Kier alpha value is -2.29. The maximum absolute atomic E-state index is 12.7. The van der Waals surface area contributed by atoms with Crippen LogP contribution in [0.3, 0.4) is 0 Å². The van der Waals surface area contributed by atoms with Crippen molar-refractivity contribution in [3.8, 4) is 0 Å². The van der Waals surface area contributed by atoms with Crippen molar-refractivity contribution in [2.75, 3.05) is 17.7 Å². The predicted molar refractivity (Wildman–Crippen MR) is 105 cm³/mol. The molecule has 0 aliphatic carbocycles. The first-order valence-electron chi connectivity index (χ1n) is 8.09. The molecule has 2 amide bonds. The van der Waals surface area contributed by atoms with E-state index in [2.05, 4.69) is 15.9 Å². The number of benzene rings is 1. The van der Waals surface area contributed by atoms with Gasteiger partial charge in [0.1, 0.15) is 11.2 Å². The molecule has 0 aliphatic rings. The van der Waals surface area contributed by atoms with E-state index in [1.165, 1.54) is 19.2 Å². The number of carbonyl (C=O) groups is 3. The molecule has 0 spiro atoms. The van der Waals surface area contributed by atoms with Crippen molar-refractivity contribution >= 4 is 45.5 Å². The predicted octanol–water partition coefficient (Wildman–Crippen LogP) is 4.49. The molecule has 0 aromatic heterocycles. The first-order valence-corrected chi connectivity index (χ1v) is 8.89. The molecule has 0 heterocycles. The SMILES string of the molecule is COC(=O)c1cc(Br)c(N)cc1N(C(=O)OC(C)(C)C)C(=O)OC(C)(C)C. The van der Waals surface area contributed by atoms with Crippen molar-refractivity contribution in [1.82, 2.24) is 0 Å². The molecule has 9 heteroatoms. The largest absolute Gasteiger partial charge is 0.465 e. The number of rotatable bonds is 2. The number of imide groups is 1. The zero-order valence-electron chi connectivity index (χ0n) is 16.5. The summed E-state index contributed by atoms with van der Waals surface area (Å²) in [4.78, 5) is 38.3. The van der Waals surface area contributed by atoms with Crippen LogP contribution in [0.5, 0.6) is 0 Å². The van der Waals surface area contributed by atoms with E-state index in [-0.39, 0.29) is 16.9 Å². The normalized spacial score (nSPS) is 11.6. The Balaban J connectivity index is 3.59. The van der Waals surface area contributed by atoms with Gasteiger partial charge in [-0.2, -0.15) is 4.90 Å². The Morgan fingerprint density at radius 2 is 1.41 bits per heavy atom. The highest BCUT2D eigenvalue weighted by atomic mass is 79.9. The molecule has 0 saturated heterocycles. The summed E-state index contributed by atoms with van der Waals surface area (Å²) < 4.78 is 15.8. The standard InChI is InChI=1S/C18H25BrN2O6/c1-17(2,3)26-15(23)21(16(24)27-18(4,5)6)13-9-12(20)11(19)8-10(13)14(22)25-7/h8-9H,20H2,1-7H3. The number of methoxy groups -OCH3 is 1. The molecular weight excluding hydrogens is 420 g/mol. The van der Waals surface area contributed by atoms with Crippen molar-refractivity contribution in [2.45, 2.75) is 52.7 Å². The van der Waals surface area contributed by atoms with Gasteiger partial charge in [0.2, 0.25) is 0 Å². The lowest BCUT2D eigenvalue weighted by Gasteiger charge is -2.29. The topological polar surface area (TPSA) is 108 Å². The van der Waals surface area contributed by atoms with Crippen LogP contribution in [0.15, 0.2) is 16.6 Å². The smallest absolute Gasteiger partial charge is 0.424 e. The summed E-state index contributed by atoms with van der Waals surface area (Å²) in [5.41, 5.74) is 4.16. The highest BCUT2D eigenvalue weighted by Crippen LogP contribution is 2.32. The summed E-state index contributed by atoms with van der Waals surface area (Å²) in [6.45, 7) is 9.89. The van der Waals surface area contributed by atoms with Gasteiger partial charge in [0.05, 0.1) is 18.4 Å². The third-order valence-electron chi connectivity index (χ3n) is 2.91. The summed E-state index contributed by atoms with van der Waals surface area (Å²) in [5, 5.41) is 0. The minimum atomic E-state index is -1.01. The summed E-state index contributed by atoms with van der Waals surface area (Å²) in [7, 11) is 1.18. The lowest BCUT2D eigenvalue weighted by molar-refractivity contribution is 0.0430. The van der Waals surface area contributed by atoms with Crippen LogP contribution in [-0.2, 0) is 14.2 Å². The van der Waals surface area contributed by atoms with Crippen LogP contribution in [0.2, 0.25) is 0 Å². The van der Waals surface area contributed by atoms with Crippen molar-refractivity contribution in [2.24, 2.45) is 0 Å². The molecule has 1 rings (SSSR count). The number of hydrogen-bond donors (Lipinski definition) is 1. The molecule has 0 radical (unpaired) electrons. The summed E-state index contributed by atoms with van der Waals surface area (Å²) >= 11 is 3.21. The Kier molecular flexibility index (Phi) is 6.88. The van der Waals surface area contributed by atoms with E-state index in [0.29, 0.717) is 9.37 Å². The fourth-order valence-corrected chi connectivity index (χ4v) is 2.27. The quantitative estimate of drug-likeness (QED) is 0.406. The summed E-state index contributed by atoms with van der Waals surface area (Å²) in [6, 6.07) is 2.66. The number of hydrogen-bond acceptors (Lipinski definition) is 7. The van der Waals surface area contributed by atoms with Gasteiger partial charge < -0.3 is 19.9 Å². The van der Waals surface area contributed by atoms with Crippen LogP contribution in [-0.4, -0.2) is 36.5 Å². The maximum Gasteiger partial charge on any atom is 0.424 e. The lowest BCUT2D eigenvalue weighted by atomic mass is 10.1. The average Bonchev–Trinajstić information content (AvgIpc) is 2.46. The zero-order valence-corrected chi connectivity index (χ0v) is 18.1. The maximum atomic E-state index is 12.7. The van der Waals surface area contributed by atoms with Crippen molar-refractivity contribution in [3.63, 3.8) is 0 Å². The number of nitrogens with two attached hydrogens (primary N) is 1. The summed E-state index contributed by atoms with van der Waals surface area (Å²) in [5.74, 6) is -0.761. The zero-order chi connectivity index (χ0) is 21.2. The number of nitrogens with zero attached hydrogens (tertiary/aromatic N) is 1. The number of esters is 1. The van der Waals surface area contributed by atoms with Crippen molar-refractivity contribution in [3.05, 3.63) is 22.2 Å². The minimum Gasteiger partial charge on any atom is -0.465 e. The van der Waals surface area contributed by atoms with Crippen LogP contribution in [0.25, 0.3) is 0 Å². The Bertz CT molecular complexity index is 721. The van der Waals surface area contributed by atoms with Gasteiger partial charge in [-0.3, -0.25) is 0 Å². The summed E-state index contributed by atoms with van der Waals surface area (Å²) in [6.07, 6.45) is -2.02. The molecule has 8 nitrogen and oxygen atoms in total. The van der Waals surface area contributed by atoms with Gasteiger partial charge in [0.25, 0.3) is 0 Å². The van der Waals surface area contributed by atoms with E-state index in [0.717, 1.165) is 0 Å². The lowest BCUT2D eigenvalue weighted by Crippen LogP contribution is -2.44. The molecule has 0 saturated carbocycles. The second-order valence-corrected chi connectivity index (χ2v) is 8.53. The third-order valence-corrected chi connectivity index (χ3v) is 3.60. The van der Waals surface area contributed by atoms with Crippen LogP contribution in [0.1, 0.15) is 51.9 Å². The third kappa shape index (κ3) is 6.42. The number of anilines is 2. The molecule has 0 bridgehead atoms. The molecular formula is C18H25BrN2O6. The minimum absolute atomic E-state index is 0.0599. The fraction of sp³-hybridized carbons (Fsp3) is 0.500. The van der Waals surface area contributed by atoms with E-state index in [9.17, 15) is 14.4 Å².